The normalized spacial score (nSPS) is 13.3. The van der Waals surface area contributed by atoms with E-state index in [1.165, 1.54) is 31.7 Å². The summed E-state index contributed by atoms with van der Waals surface area (Å²) in [4.78, 5) is 68.9. The number of hydrogen-bond acceptors (Lipinski definition) is 6. The van der Waals surface area contributed by atoms with E-state index in [1.54, 1.807) is 0 Å². The van der Waals surface area contributed by atoms with E-state index >= 15 is 0 Å². The summed E-state index contributed by atoms with van der Waals surface area (Å²) in [5.74, 6) is -2.01. The molecule has 164 valence electrons. The van der Waals surface area contributed by atoms with Gasteiger partial charge in [-0.15, -0.1) is 0 Å². The zero-order valence-corrected chi connectivity index (χ0v) is 18.1. The summed E-state index contributed by atoms with van der Waals surface area (Å²) in [6.45, 7) is 6.42. The third kappa shape index (κ3) is 5.20. The Labute approximate surface area is 174 Å². The van der Waals surface area contributed by atoms with Crippen LogP contribution in [0.25, 0.3) is 11.2 Å². The Morgan fingerprint density at radius 2 is 1.70 bits per heavy atom. The summed E-state index contributed by atoms with van der Waals surface area (Å²) in [5, 5.41) is 0. The van der Waals surface area contributed by atoms with Gasteiger partial charge in [-0.1, -0.05) is 19.8 Å². The van der Waals surface area contributed by atoms with E-state index in [9.17, 15) is 24.0 Å². The minimum Gasteiger partial charge on any atom is -0.339 e. The maximum Gasteiger partial charge on any atom is 0.332 e. The SMILES string of the molecule is CCCCCn1c(=O)c2[nH]cnc2n(CC(C(C)=O)C(CCC(C)=O)C(C)=O)c1=O. The van der Waals surface area contributed by atoms with Crippen LogP contribution in [-0.2, 0) is 27.5 Å². The van der Waals surface area contributed by atoms with Gasteiger partial charge in [-0.25, -0.2) is 9.78 Å². The molecule has 0 aliphatic rings. The van der Waals surface area contributed by atoms with Gasteiger partial charge < -0.3 is 9.78 Å². The average Bonchev–Trinajstić information content (AvgIpc) is 3.15. The number of aromatic amines is 1. The van der Waals surface area contributed by atoms with Gasteiger partial charge in [0.15, 0.2) is 5.65 Å². The molecule has 0 aliphatic carbocycles. The molecule has 0 spiro atoms. The lowest BCUT2D eigenvalue weighted by molar-refractivity contribution is -0.131. The second kappa shape index (κ2) is 10.3. The Hall–Kier alpha value is -2.84. The molecule has 0 saturated carbocycles. The van der Waals surface area contributed by atoms with Crippen LogP contribution in [0.5, 0.6) is 0 Å². The maximum atomic E-state index is 13.1. The van der Waals surface area contributed by atoms with Crippen molar-refractivity contribution in [1.82, 2.24) is 19.1 Å². The van der Waals surface area contributed by atoms with Gasteiger partial charge in [0.2, 0.25) is 0 Å². The number of unbranched alkanes of at least 4 members (excludes halogenated alkanes) is 2. The summed E-state index contributed by atoms with van der Waals surface area (Å²) in [6.07, 6.45) is 4.24. The molecule has 0 aliphatic heterocycles. The predicted molar refractivity (Wildman–Crippen MR) is 112 cm³/mol. The lowest BCUT2D eigenvalue weighted by atomic mass is 9.82. The van der Waals surface area contributed by atoms with E-state index in [0.29, 0.717) is 6.42 Å². The molecule has 2 rings (SSSR count). The van der Waals surface area contributed by atoms with Crippen molar-refractivity contribution in [3.05, 3.63) is 27.2 Å². The lowest BCUT2D eigenvalue weighted by Gasteiger charge is -2.24. The van der Waals surface area contributed by atoms with Gasteiger partial charge in [0.25, 0.3) is 5.56 Å². The highest BCUT2D eigenvalue weighted by Gasteiger charge is 2.31. The third-order valence-corrected chi connectivity index (χ3v) is 5.50. The molecule has 2 aromatic heterocycles. The van der Waals surface area contributed by atoms with E-state index in [0.717, 1.165) is 17.4 Å². The minimum atomic E-state index is -0.791. The number of aromatic nitrogens is 4. The first-order valence-corrected chi connectivity index (χ1v) is 10.4. The van der Waals surface area contributed by atoms with Gasteiger partial charge in [0, 0.05) is 31.3 Å². The molecule has 0 saturated heterocycles. The summed E-state index contributed by atoms with van der Waals surface area (Å²) >= 11 is 0. The molecule has 1 N–H and O–H groups in total. The smallest absolute Gasteiger partial charge is 0.332 e. The van der Waals surface area contributed by atoms with Gasteiger partial charge >= 0.3 is 5.69 Å². The lowest BCUT2D eigenvalue weighted by Crippen LogP contribution is -2.43. The zero-order valence-electron chi connectivity index (χ0n) is 18.1. The largest absolute Gasteiger partial charge is 0.339 e. The van der Waals surface area contributed by atoms with Crippen LogP contribution in [0, 0.1) is 11.8 Å². The monoisotopic (exact) mass is 418 g/mol. The van der Waals surface area contributed by atoms with Crippen molar-refractivity contribution >= 4 is 28.5 Å². The number of hydrogen-bond donors (Lipinski definition) is 1. The highest BCUT2D eigenvalue weighted by Crippen LogP contribution is 2.23. The molecule has 0 aromatic carbocycles. The molecule has 0 radical (unpaired) electrons. The van der Waals surface area contributed by atoms with Crippen LogP contribution in [0.2, 0.25) is 0 Å². The molecule has 2 atom stereocenters. The Morgan fingerprint density at radius 3 is 2.27 bits per heavy atom. The fraction of sp³-hybridized carbons (Fsp3) is 0.619. The van der Waals surface area contributed by atoms with Gasteiger partial charge in [-0.3, -0.25) is 23.5 Å². The van der Waals surface area contributed by atoms with Crippen molar-refractivity contribution in [3.8, 4) is 0 Å². The standard InChI is InChI=1S/C21H30N4O5/c1-5-6-7-10-24-20(29)18-19(23-12-22-18)25(21(24)30)11-17(15(4)28)16(14(3)27)9-8-13(2)26/h12,16-17H,5-11H2,1-4H3,(H,22,23). The van der Waals surface area contributed by atoms with Crippen LogP contribution in [0.4, 0.5) is 0 Å². The van der Waals surface area contributed by atoms with E-state index < -0.39 is 23.1 Å². The number of nitrogens with zero attached hydrogens (tertiary/aromatic N) is 3. The Morgan fingerprint density at radius 1 is 1.03 bits per heavy atom. The number of H-pyrrole nitrogens is 1. The van der Waals surface area contributed by atoms with Crippen molar-refractivity contribution in [1.29, 1.82) is 0 Å². The zero-order chi connectivity index (χ0) is 22.4. The van der Waals surface area contributed by atoms with Gasteiger partial charge in [0.05, 0.1) is 6.33 Å². The highest BCUT2D eigenvalue weighted by atomic mass is 16.2. The first-order valence-electron chi connectivity index (χ1n) is 10.4. The molecule has 2 unspecified atom stereocenters. The van der Waals surface area contributed by atoms with E-state index in [2.05, 4.69) is 9.97 Å². The van der Waals surface area contributed by atoms with Crippen LogP contribution in [0.3, 0.4) is 0 Å². The van der Waals surface area contributed by atoms with Crippen LogP contribution in [0.1, 0.15) is 59.8 Å². The number of carbonyl (C=O) groups excluding carboxylic acids is 3. The molecular formula is C21H30N4O5. The molecule has 2 heterocycles. The van der Waals surface area contributed by atoms with Crippen LogP contribution in [-0.4, -0.2) is 36.5 Å². The van der Waals surface area contributed by atoms with Gasteiger partial charge in [0.1, 0.15) is 22.9 Å². The number of fused-ring (bicyclic) bond motifs is 1. The molecule has 0 bridgehead atoms. The van der Waals surface area contributed by atoms with Crippen molar-refractivity contribution in [3.63, 3.8) is 0 Å². The quantitative estimate of drug-likeness (QED) is 0.525. The maximum absolute atomic E-state index is 13.1. The Bertz CT molecular complexity index is 1050. The second-order valence-corrected chi connectivity index (χ2v) is 7.83. The molecule has 9 heteroatoms. The predicted octanol–water partition coefficient (Wildman–Crippen LogP) is 1.86. The minimum absolute atomic E-state index is 0.0696. The van der Waals surface area contributed by atoms with Crippen molar-refractivity contribution in [2.75, 3.05) is 0 Å². The Balaban J connectivity index is 2.53. The van der Waals surface area contributed by atoms with E-state index in [4.69, 9.17) is 0 Å². The summed E-state index contributed by atoms with van der Waals surface area (Å²) < 4.78 is 2.46. The third-order valence-electron chi connectivity index (χ3n) is 5.50. The van der Waals surface area contributed by atoms with Crippen LogP contribution in [0.15, 0.2) is 15.9 Å². The molecule has 0 amide bonds. The van der Waals surface area contributed by atoms with Crippen LogP contribution >= 0.6 is 0 Å². The summed E-state index contributed by atoms with van der Waals surface area (Å²) in [6, 6.07) is 0. The van der Waals surface area contributed by atoms with Crippen molar-refractivity contribution in [2.24, 2.45) is 11.8 Å². The van der Waals surface area contributed by atoms with E-state index in [1.807, 2.05) is 6.92 Å². The number of Topliss-reactive ketones (excluding diaryl/α,β-unsaturated/α-hetero) is 3. The average molecular weight is 418 g/mol. The molecule has 0 fully saturated rings. The topological polar surface area (TPSA) is 124 Å². The molecule has 30 heavy (non-hydrogen) atoms. The van der Waals surface area contributed by atoms with E-state index in [-0.39, 0.29) is 54.4 Å². The Kier molecular flexibility index (Phi) is 8.02. The fourth-order valence-electron chi connectivity index (χ4n) is 3.77. The van der Waals surface area contributed by atoms with Gasteiger partial charge in [-0.2, -0.15) is 0 Å². The number of nitrogens with one attached hydrogen (secondary N) is 1. The van der Waals surface area contributed by atoms with Crippen LogP contribution < -0.4 is 11.2 Å². The number of ketones is 3. The molecular weight excluding hydrogens is 388 g/mol. The number of carbonyl (C=O) groups is 3. The summed E-state index contributed by atoms with van der Waals surface area (Å²) in [7, 11) is 0. The van der Waals surface area contributed by atoms with Gasteiger partial charge in [-0.05, 0) is 33.6 Å². The number of rotatable bonds is 12. The molecule has 2 aromatic rings. The fourth-order valence-corrected chi connectivity index (χ4v) is 3.77. The van der Waals surface area contributed by atoms with Crippen molar-refractivity contribution in [2.45, 2.75) is 72.9 Å². The summed E-state index contributed by atoms with van der Waals surface area (Å²) in [5.41, 5.74) is -0.636. The van der Waals surface area contributed by atoms with Crippen molar-refractivity contribution < 1.29 is 14.4 Å². The number of imidazole rings is 1. The first-order chi connectivity index (χ1) is 14.2. The molecule has 9 nitrogen and oxygen atoms in total. The second-order valence-electron chi connectivity index (χ2n) is 7.83. The highest BCUT2D eigenvalue weighted by molar-refractivity contribution is 5.88. The first kappa shape index (κ1) is 23.4.